The van der Waals surface area contributed by atoms with Crippen molar-refractivity contribution in [1.82, 2.24) is 10.2 Å². The van der Waals surface area contributed by atoms with Crippen molar-refractivity contribution in [3.63, 3.8) is 0 Å². The van der Waals surface area contributed by atoms with Crippen LogP contribution in [0.1, 0.15) is 24.8 Å². The van der Waals surface area contributed by atoms with Gasteiger partial charge in [0.25, 0.3) is 0 Å². The molecule has 1 N–H and O–H groups in total. The van der Waals surface area contributed by atoms with Crippen molar-refractivity contribution in [3.05, 3.63) is 28.8 Å². The standard InChI is InChI=1S/C17H25ClN2O.ClH/c1-19-9-14-6-7-20(10-14)11-15-8-16(18)4-5-17(15)21-12-13-2-3-13;/h4-5,8,13-14,19H,2-3,6-7,9-12H2,1H3;1H. The number of ether oxygens (including phenoxy) is 1. The Morgan fingerprint density at radius 2 is 2.09 bits per heavy atom. The summed E-state index contributed by atoms with van der Waals surface area (Å²) in [4.78, 5) is 2.51. The predicted octanol–water partition coefficient (Wildman–Crippen LogP) is 3.59. The molecular formula is C17H26Cl2N2O. The van der Waals surface area contributed by atoms with Gasteiger partial charge in [-0.05, 0) is 69.4 Å². The number of likely N-dealkylation sites (tertiary alicyclic amines) is 1. The first kappa shape index (κ1) is 17.9. The van der Waals surface area contributed by atoms with E-state index in [1.165, 1.54) is 31.4 Å². The molecule has 1 aromatic carbocycles. The molecule has 0 aromatic heterocycles. The largest absolute Gasteiger partial charge is 0.493 e. The minimum absolute atomic E-state index is 0. The van der Waals surface area contributed by atoms with Gasteiger partial charge in [-0.25, -0.2) is 0 Å². The van der Waals surface area contributed by atoms with E-state index in [2.05, 4.69) is 16.3 Å². The maximum atomic E-state index is 6.17. The lowest BCUT2D eigenvalue weighted by atomic mass is 10.1. The van der Waals surface area contributed by atoms with Crippen LogP contribution in [-0.2, 0) is 6.54 Å². The molecule has 124 valence electrons. The summed E-state index contributed by atoms with van der Waals surface area (Å²) < 4.78 is 6.00. The molecule has 1 saturated carbocycles. The van der Waals surface area contributed by atoms with Crippen molar-refractivity contribution < 1.29 is 4.74 Å². The van der Waals surface area contributed by atoms with E-state index in [0.717, 1.165) is 48.8 Å². The maximum absolute atomic E-state index is 6.17. The maximum Gasteiger partial charge on any atom is 0.123 e. The highest BCUT2D eigenvalue weighted by Gasteiger charge is 2.24. The van der Waals surface area contributed by atoms with Crippen molar-refractivity contribution in [1.29, 1.82) is 0 Å². The number of nitrogens with zero attached hydrogens (tertiary/aromatic N) is 1. The highest BCUT2D eigenvalue weighted by molar-refractivity contribution is 6.30. The molecule has 3 nitrogen and oxygen atoms in total. The second-order valence-corrected chi connectivity index (χ2v) is 6.89. The van der Waals surface area contributed by atoms with E-state index in [1.54, 1.807) is 0 Å². The molecule has 2 fully saturated rings. The van der Waals surface area contributed by atoms with E-state index < -0.39 is 0 Å². The number of hydrogen-bond acceptors (Lipinski definition) is 3. The fraction of sp³-hybridized carbons (Fsp3) is 0.647. The van der Waals surface area contributed by atoms with Gasteiger partial charge in [0.1, 0.15) is 5.75 Å². The highest BCUT2D eigenvalue weighted by atomic mass is 35.5. The molecule has 1 saturated heterocycles. The van der Waals surface area contributed by atoms with Crippen LogP contribution in [0.2, 0.25) is 5.02 Å². The number of halogens is 2. The Morgan fingerprint density at radius 3 is 2.82 bits per heavy atom. The zero-order chi connectivity index (χ0) is 14.7. The summed E-state index contributed by atoms with van der Waals surface area (Å²) in [6, 6.07) is 6.03. The fourth-order valence-corrected chi connectivity index (χ4v) is 3.25. The first-order chi connectivity index (χ1) is 10.2. The van der Waals surface area contributed by atoms with Crippen molar-refractivity contribution in [2.45, 2.75) is 25.8 Å². The molecule has 2 aliphatic rings. The third-order valence-corrected chi connectivity index (χ3v) is 4.69. The summed E-state index contributed by atoms with van der Waals surface area (Å²) >= 11 is 6.17. The monoisotopic (exact) mass is 344 g/mol. The van der Waals surface area contributed by atoms with Crippen molar-refractivity contribution in [3.8, 4) is 5.75 Å². The number of rotatable bonds is 7. The SMILES string of the molecule is CNCC1CCN(Cc2cc(Cl)ccc2OCC2CC2)C1.Cl. The van der Waals surface area contributed by atoms with Crippen LogP contribution in [0.4, 0.5) is 0 Å². The predicted molar refractivity (Wildman–Crippen MR) is 94.2 cm³/mol. The normalized spacial score (nSPS) is 21.6. The molecule has 0 spiro atoms. The van der Waals surface area contributed by atoms with Crippen LogP contribution in [0.15, 0.2) is 18.2 Å². The van der Waals surface area contributed by atoms with Gasteiger partial charge in [-0.1, -0.05) is 11.6 Å². The Kier molecular flexibility index (Phi) is 6.82. The van der Waals surface area contributed by atoms with Crippen LogP contribution in [0.25, 0.3) is 0 Å². The summed E-state index contributed by atoms with van der Waals surface area (Å²) in [5, 5.41) is 4.08. The average Bonchev–Trinajstić information content (AvgIpc) is 3.19. The fourth-order valence-electron chi connectivity index (χ4n) is 3.06. The lowest BCUT2D eigenvalue weighted by molar-refractivity contribution is 0.278. The lowest BCUT2D eigenvalue weighted by Crippen LogP contribution is -2.24. The Balaban J connectivity index is 0.00000176. The molecule has 1 aromatic rings. The van der Waals surface area contributed by atoms with Crippen LogP contribution in [0.5, 0.6) is 5.75 Å². The molecule has 1 atom stereocenters. The van der Waals surface area contributed by atoms with E-state index in [-0.39, 0.29) is 12.4 Å². The smallest absolute Gasteiger partial charge is 0.123 e. The number of benzene rings is 1. The van der Waals surface area contributed by atoms with E-state index in [9.17, 15) is 0 Å². The second-order valence-electron chi connectivity index (χ2n) is 6.45. The summed E-state index contributed by atoms with van der Waals surface area (Å²) in [5.41, 5.74) is 1.23. The molecule has 1 aliphatic carbocycles. The minimum atomic E-state index is 0. The zero-order valence-electron chi connectivity index (χ0n) is 13.2. The van der Waals surface area contributed by atoms with Gasteiger partial charge >= 0.3 is 0 Å². The van der Waals surface area contributed by atoms with Crippen LogP contribution in [0, 0.1) is 11.8 Å². The summed E-state index contributed by atoms with van der Waals surface area (Å²) in [7, 11) is 2.03. The Hall–Kier alpha value is -0.480. The highest BCUT2D eigenvalue weighted by Crippen LogP contribution is 2.32. The average molecular weight is 345 g/mol. The number of nitrogens with one attached hydrogen (secondary N) is 1. The third-order valence-electron chi connectivity index (χ3n) is 4.45. The third kappa shape index (κ3) is 5.02. The molecule has 0 radical (unpaired) electrons. The van der Waals surface area contributed by atoms with Gasteiger partial charge in [0.15, 0.2) is 0 Å². The van der Waals surface area contributed by atoms with Crippen LogP contribution >= 0.6 is 24.0 Å². The summed E-state index contributed by atoms with van der Waals surface area (Å²) in [6.45, 7) is 5.24. The molecule has 22 heavy (non-hydrogen) atoms. The van der Waals surface area contributed by atoms with Gasteiger partial charge in [0.2, 0.25) is 0 Å². The van der Waals surface area contributed by atoms with E-state index in [1.807, 2.05) is 19.2 Å². The molecule has 1 aliphatic heterocycles. The molecule has 0 amide bonds. The van der Waals surface area contributed by atoms with Gasteiger partial charge in [0.05, 0.1) is 6.61 Å². The first-order valence-corrected chi connectivity index (χ1v) is 8.40. The molecule has 1 heterocycles. The van der Waals surface area contributed by atoms with Crippen molar-refractivity contribution in [2.24, 2.45) is 11.8 Å². The van der Waals surface area contributed by atoms with E-state index >= 15 is 0 Å². The van der Waals surface area contributed by atoms with E-state index in [4.69, 9.17) is 16.3 Å². The van der Waals surface area contributed by atoms with Crippen LogP contribution in [0.3, 0.4) is 0 Å². The second kappa shape index (κ2) is 8.39. The van der Waals surface area contributed by atoms with Gasteiger partial charge in [-0.15, -0.1) is 12.4 Å². The van der Waals surface area contributed by atoms with Crippen molar-refractivity contribution >= 4 is 24.0 Å². The van der Waals surface area contributed by atoms with Crippen LogP contribution in [-0.4, -0.2) is 38.2 Å². The topological polar surface area (TPSA) is 24.5 Å². The minimum Gasteiger partial charge on any atom is -0.493 e. The summed E-state index contributed by atoms with van der Waals surface area (Å²) in [6.07, 6.45) is 3.92. The summed E-state index contributed by atoms with van der Waals surface area (Å²) in [5.74, 6) is 2.56. The van der Waals surface area contributed by atoms with Crippen molar-refractivity contribution in [2.75, 3.05) is 33.3 Å². The Morgan fingerprint density at radius 1 is 1.27 bits per heavy atom. The zero-order valence-corrected chi connectivity index (χ0v) is 14.8. The van der Waals surface area contributed by atoms with Gasteiger partial charge < -0.3 is 10.1 Å². The van der Waals surface area contributed by atoms with Gasteiger partial charge in [-0.2, -0.15) is 0 Å². The van der Waals surface area contributed by atoms with Crippen LogP contribution < -0.4 is 10.1 Å². The number of hydrogen-bond donors (Lipinski definition) is 1. The molecule has 0 bridgehead atoms. The molecule has 1 unspecified atom stereocenters. The van der Waals surface area contributed by atoms with E-state index in [0.29, 0.717) is 0 Å². The Labute approximate surface area is 144 Å². The Bertz CT molecular complexity index is 480. The molecule has 3 rings (SSSR count). The quantitative estimate of drug-likeness (QED) is 0.817. The lowest BCUT2D eigenvalue weighted by Gasteiger charge is -2.19. The molecule has 5 heteroatoms. The first-order valence-electron chi connectivity index (χ1n) is 8.03. The molecular weight excluding hydrogens is 319 g/mol. The van der Waals surface area contributed by atoms with Gasteiger partial charge in [0, 0.05) is 23.7 Å². The van der Waals surface area contributed by atoms with Gasteiger partial charge in [-0.3, -0.25) is 4.90 Å².